The number of imidazole rings is 1. The lowest BCUT2D eigenvalue weighted by Crippen LogP contribution is -2.08. The summed E-state index contributed by atoms with van der Waals surface area (Å²) < 4.78 is 11.9. The second-order valence-corrected chi connectivity index (χ2v) is 4.77. The summed E-state index contributed by atoms with van der Waals surface area (Å²) in [6.45, 7) is 0.868. The average Bonchev–Trinajstić information content (AvgIpc) is 2.71. The fraction of sp³-hybridized carbons (Fsp3) is 0.400. The van der Waals surface area contributed by atoms with E-state index in [-0.39, 0.29) is 15.6 Å². The molecular formula is C10H13ClN3O3P. The summed E-state index contributed by atoms with van der Waals surface area (Å²) in [6, 6.07) is 1.72. The van der Waals surface area contributed by atoms with Crippen LogP contribution in [0, 0.1) is 0 Å². The molecule has 0 aliphatic carbocycles. The van der Waals surface area contributed by atoms with Crippen molar-refractivity contribution in [2.45, 2.75) is 13.2 Å². The number of aliphatic hydroxyl groups is 1. The van der Waals surface area contributed by atoms with Gasteiger partial charge in [0.05, 0.1) is 11.6 Å². The van der Waals surface area contributed by atoms with Crippen LogP contribution in [-0.2, 0) is 22.2 Å². The van der Waals surface area contributed by atoms with E-state index in [1.54, 1.807) is 19.4 Å². The fourth-order valence-electron chi connectivity index (χ4n) is 1.63. The molecule has 1 N–H and O–H groups in total. The standard InChI is InChI=1S/C10H13ClN3O3P/c1-16-18-17-3-2-14-9(6-15)13-8-4-7(11)5-12-10(8)14/h4-5,15,18H,2-3,6H2,1H3. The van der Waals surface area contributed by atoms with E-state index in [9.17, 15) is 5.11 Å². The van der Waals surface area contributed by atoms with Gasteiger partial charge in [-0.3, -0.25) is 0 Å². The maximum atomic E-state index is 9.28. The topological polar surface area (TPSA) is 69.4 Å². The first-order valence-corrected chi connectivity index (χ1v) is 6.47. The molecule has 1 atom stereocenters. The van der Waals surface area contributed by atoms with Gasteiger partial charge in [-0.2, -0.15) is 0 Å². The highest BCUT2D eigenvalue weighted by Crippen LogP contribution is 2.19. The number of hydrogen-bond acceptors (Lipinski definition) is 5. The van der Waals surface area contributed by atoms with E-state index in [1.807, 2.05) is 4.57 Å². The smallest absolute Gasteiger partial charge is 0.160 e. The highest BCUT2D eigenvalue weighted by molar-refractivity contribution is 7.26. The molecule has 0 aromatic carbocycles. The van der Waals surface area contributed by atoms with E-state index < -0.39 is 0 Å². The van der Waals surface area contributed by atoms with Crippen molar-refractivity contribution in [2.24, 2.45) is 0 Å². The predicted octanol–water partition coefficient (Wildman–Crippen LogP) is 1.75. The number of aliphatic hydroxyl groups excluding tert-OH is 1. The Morgan fingerprint density at radius 2 is 2.39 bits per heavy atom. The molecule has 8 heteroatoms. The van der Waals surface area contributed by atoms with E-state index in [2.05, 4.69) is 9.97 Å². The van der Waals surface area contributed by atoms with Gasteiger partial charge in [-0.25, -0.2) is 9.97 Å². The molecular weight excluding hydrogens is 277 g/mol. The Kier molecular flexibility index (Phi) is 4.86. The Hall–Kier alpha value is -0.780. The van der Waals surface area contributed by atoms with Gasteiger partial charge in [0, 0.05) is 19.9 Å². The lowest BCUT2D eigenvalue weighted by molar-refractivity contribution is 0.254. The molecule has 2 aromatic heterocycles. The van der Waals surface area contributed by atoms with Crippen molar-refractivity contribution in [3.05, 3.63) is 23.1 Å². The number of nitrogens with zero attached hydrogens (tertiary/aromatic N) is 3. The minimum atomic E-state index is -0.152. The summed E-state index contributed by atoms with van der Waals surface area (Å²) in [7, 11) is 1.59. The van der Waals surface area contributed by atoms with Crippen LogP contribution < -0.4 is 0 Å². The fourth-order valence-corrected chi connectivity index (χ4v) is 2.07. The summed E-state index contributed by atoms with van der Waals surface area (Å²) >= 11 is 5.85. The Morgan fingerprint density at radius 3 is 3.11 bits per heavy atom. The molecule has 0 fully saturated rings. The molecule has 0 saturated heterocycles. The van der Waals surface area contributed by atoms with Gasteiger partial charge in [-0.05, 0) is 6.07 Å². The number of halogens is 1. The lowest BCUT2D eigenvalue weighted by Gasteiger charge is -2.07. The Bertz CT molecular complexity index is 534. The third-order valence-corrected chi connectivity index (χ3v) is 3.03. The number of rotatable bonds is 6. The molecule has 0 bridgehead atoms. The van der Waals surface area contributed by atoms with Crippen molar-refractivity contribution < 1.29 is 14.2 Å². The molecule has 0 radical (unpaired) electrons. The number of aromatic nitrogens is 3. The molecule has 0 saturated carbocycles. The van der Waals surface area contributed by atoms with Gasteiger partial charge in [0.15, 0.2) is 14.7 Å². The molecule has 2 rings (SSSR count). The van der Waals surface area contributed by atoms with Gasteiger partial charge in [0.25, 0.3) is 0 Å². The van der Waals surface area contributed by atoms with Gasteiger partial charge in [-0.1, -0.05) is 11.6 Å². The normalized spacial score (nSPS) is 11.9. The zero-order valence-corrected chi connectivity index (χ0v) is 11.5. The van der Waals surface area contributed by atoms with Crippen molar-refractivity contribution in [1.82, 2.24) is 14.5 Å². The third-order valence-electron chi connectivity index (χ3n) is 2.33. The highest BCUT2D eigenvalue weighted by atomic mass is 35.5. The second-order valence-electron chi connectivity index (χ2n) is 3.47. The molecule has 0 aliphatic heterocycles. The first-order valence-electron chi connectivity index (χ1n) is 5.27. The molecule has 0 amide bonds. The van der Waals surface area contributed by atoms with Crippen molar-refractivity contribution in [3.8, 4) is 0 Å². The first kappa shape index (κ1) is 13.6. The minimum Gasteiger partial charge on any atom is -0.388 e. The first-order chi connectivity index (χ1) is 8.76. The predicted molar refractivity (Wildman–Crippen MR) is 69.7 cm³/mol. The quantitative estimate of drug-likeness (QED) is 0.648. The Labute approximate surface area is 111 Å². The van der Waals surface area contributed by atoms with Crippen molar-refractivity contribution in [2.75, 3.05) is 13.7 Å². The molecule has 0 spiro atoms. The Balaban J connectivity index is 2.23. The van der Waals surface area contributed by atoms with Crippen LogP contribution in [0.1, 0.15) is 5.82 Å². The lowest BCUT2D eigenvalue weighted by atomic mass is 10.4. The van der Waals surface area contributed by atoms with E-state index >= 15 is 0 Å². The maximum absolute atomic E-state index is 9.28. The monoisotopic (exact) mass is 289 g/mol. The molecule has 0 aliphatic rings. The van der Waals surface area contributed by atoms with Gasteiger partial charge in [0.1, 0.15) is 17.9 Å². The minimum absolute atomic E-state index is 0.0108. The average molecular weight is 290 g/mol. The maximum Gasteiger partial charge on any atom is 0.160 e. The van der Waals surface area contributed by atoms with Crippen LogP contribution in [0.3, 0.4) is 0 Å². The van der Waals surface area contributed by atoms with Crippen LogP contribution in [0.25, 0.3) is 11.2 Å². The van der Waals surface area contributed by atoms with Crippen molar-refractivity contribution >= 4 is 31.8 Å². The van der Waals surface area contributed by atoms with Gasteiger partial charge in [0.2, 0.25) is 0 Å². The van der Waals surface area contributed by atoms with Crippen LogP contribution in [0.2, 0.25) is 5.02 Å². The summed E-state index contributed by atoms with van der Waals surface area (Å²) in [5.41, 5.74) is 1.36. The van der Waals surface area contributed by atoms with Crippen LogP contribution in [-0.4, -0.2) is 33.4 Å². The van der Waals surface area contributed by atoms with Crippen molar-refractivity contribution in [1.29, 1.82) is 0 Å². The van der Waals surface area contributed by atoms with Crippen molar-refractivity contribution in [3.63, 3.8) is 0 Å². The molecule has 6 nitrogen and oxygen atoms in total. The number of pyridine rings is 1. The van der Waals surface area contributed by atoms with Crippen LogP contribution in [0.15, 0.2) is 12.3 Å². The summed E-state index contributed by atoms with van der Waals surface area (Å²) in [5, 5.41) is 9.81. The van der Waals surface area contributed by atoms with E-state index in [1.165, 1.54) is 0 Å². The largest absolute Gasteiger partial charge is 0.388 e. The summed E-state index contributed by atoms with van der Waals surface area (Å²) in [5.74, 6) is 0.545. The Morgan fingerprint density at radius 1 is 1.56 bits per heavy atom. The van der Waals surface area contributed by atoms with E-state index in [0.29, 0.717) is 35.2 Å². The molecule has 1 unspecified atom stereocenters. The summed E-state index contributed by atoms with van der Waals surface area (Å²) in [6.07, 6.45) is 1.56. The molecule has 2 aromatic rings. The highest BCUT2D eigenvalue weighted by Gasteiger charge is 2.11. The molecule has 98 valence electrons. The van der Waals surface area contributed by atoms with Crippen LogP contribution in [0.4, 0.5) is 0 Å². The SMILES string of the molecule is COPOCCn1c(CO)nc2cc(Cl)cnc21. The number of hydrogen-bond donors (Lipinski definition) is 1. The van der Waals surface area contributed by atoms with E-state index in [4.69, 9.17) is 20.6 Å². The van der Waals surface area contributed by atoms with Gasteiger partial charge < -0.3 is 18.7 Å². The molecule has 2 heterocycles. The number of fused-ring (bicyclic) bond motifs is 1. The van der Waals surface area contributed by atoms with Gasteiger partial charge in [-0.15, -0.1) is 0 Å². The third kappa shape index (κ3) is 2.96. The zero-order chi connectivity index (χ0) is 13.0. The zero-order valence-electron chi connectivity index (χ0n) is 9.76. The van der Waals surface area contributed by atoms with E-state index in [0.717, 1.165) is 0 Å². The second kappa shape index (κ2) is 6.41. The van der Waals surface area contributed by atoms with Crippen LogP contribution >= 0.6 is 20.6 Å². The summed E-state index contributed by atoms with van der Waals surface area (Å²) in [4.78, 5) is 8.49. The van der Waals surface area contributed by atoms with Crippen LogP contribution in [0.5, 0.6) is 0 Å². The van der Waals surface area contributed by atoms with Gasteiger partial charge >= 0.3 is 0 Å². The molecule has 18 heavy (non-hydrogen) atoms.